The molecule has 0 unspecified atom stereocenters. The maximum absolute atomic E-state index is 13.1. The summed E-state index contributed by atoms with van der Waals surface area (Å²) in [5, 5.41) is 0. The van der Waals surface area contributed by atoms with Crippen LogP contribution in [0.3, 0.4) is 0 Å². The van der Waals surface area contributed by atoms with Crippen LogP contribution in [0.5, 0.6) is 0 Å². The van der Waals surface area contributed by atoms with E-state index in [9.17, 15) is 9.18 Å². The van der Waals surface area contributed by atoms with Crippen molar-refractivity contribution < 1.29 is 9.18 Å². The summed E-state index contributed by atoms with van der Waals surface area (Å²) in [4.78, 5) is 11.1. The molecule has 0 aliphatic rings. The van der Waals surface area contributed by atoms with Gasteiger partial charge in [-0.15, -0.1) is 11.6 Å². The van der Waals surface area contributed by atoms with E-state index in [0.29, 0.717) is 0 Å². The molecule has 3 nitrogen and oxygen atoms in total. The number of halogens is 2. The molecule has 0 bridgehead atoms. The molecule has 5 heteroatoms. The molecule has 13 heavy (non-hydrogen) atoms. The van der Waals surface area contributed by atoms with E-state index in [-0.39, 0.29) is 22.8 Å². The van der Waals surface area contributed by atoms with Gasteiger partial charge in [0.05, 0.1) is 22.8 Å². The molecule has 70 valence electrons. The minimum atomic E-state index is -0.697. The summed E-state index contributed by atoms with van der Waals surface area (Å²) in [7, 11) is 0. The number of anilines is 2. The summed E-state index contributed by atoms with van der Waals surface area (Å²) in [5.74, 6) is -1.58. The Kier molecular flexibility index (Phi) is 2.72. The number of carbonyl (C=O) groups excluding carboxylic acids is 1. The van der Waals surface area contributed by atoms with Crippen LogP contribution in [0.2, 0.25) is 0 Å². The first-order valence-electron chi connectivity index (χ1n) is 3.50. The molecule has 1 aromatic rings. The molecule has 1 rings (SSSR count). The fourth-order valence-corrected chi connectivity index (χ4v) is 1.09. The summed E-state index contributed by atoms with van der Waals surface area (Å²) >= 11 is 5.27. The van der Waals surface area contributed by atoms with Gasteiger partial charge >= 0.3 is 0 Å². The molecule has 0 aliphatic heterocycles. The summed E-state index contributed by atoms with van der Waals surface area (Å²) in [6, 6.07) is 2.39. The maximum atomic E-state index is 13.1. The SMILES string of the molecule is Nc1ccc(F)c(C(=O)CCl)c1N. The number of carbonyl (C=O) groups is 1. The molecule has 0 aromatic heterocycles. The van der Waals surface area contributed by atoms with Gasteiger partial charge < -0.3 is 11.5 Å². The molecule has 0 amide bonds. The summed E-state index contributed by atoms with van der Waals surface area (Å²) in [5.41, 5.74) is 10.7. The second kappa shape index (κ2) is 3.62. The average Bonchev–Trinajstić information content (AvgIpc) is 2.12. The fourth-order valence-electron chi connectivity index (χ4n) is 0.959. The highest BCUT2D eigenvalue weighted by molar-refractivity contribution is 6.31. The Morgan fingerprint density at radius 3 is 2.62 bits per heavy atom. The molecule has 1 aromatic carbocycles. The summed E-state index contributed by atoms with van der Waals surface area (Å²) in [6.07, 6.45) is 0. The third kappa shape index (κ3) is 1.72. The standard InChI is InChI=1S/C8H8ClFN2O/c9-3-6(13)7-4(10)1-2-5(11)8(7)12/h1-2H,3,11-12H2. The van der Waals surface area contributed by atoms with Crippen molar-refractivity contribution in [2.24, 2.45) is 0 Å². The molecule has 4 N–H and O–H groups in total. The van der Waals surface area contributed by atoms with E-state index in [4.69, 9.17) is 23.1 Å². The second-order valence-corrected chi connectivity index (χ2v) is 2.75. The third-order valence-corrected chi connectivity index (χ3v) is 1.87. The average molecular weight is 203 g/mol. The molecule has 0 fully saturated rings. The van der Waals surface area contributed by atoms with E-state index in [0.717, 1.165) is 6.07 Å². The van der Waals surface area contributed by atoms with E-state index in [1.807, 2.05) is 0 Å². The highest BCUT2D eigenvalue weighted by Crippen LogP contribution is 2.23. The monoisotopic (exact) mass is 202 g/mol. The molecule has 0 saturated heterocycles. The first-order chi connectivity index (χ1) is 6.07. The molecule has 0 saturated carbocycles. The minimum Gasteiger partial charge on any atom is -0.397 e. The number of ketones is 1. The minimum absolute atomic E-state index is 0.0503. The quantitative estimate of drug-likeness (QED) is 0.433. The van der Waals surface area contributed by atoms with Gasteiger partial charge in [-0.05, 0) is 12.1 Å². The van der Waals surface area contributed by atoms with E-state index in [2.05, 4.69) is 0 Å². The van der Waals surface area contributed by atoms with Gasteiger partial charge in [0.2, 0.25) is 0 Å². The van der Waals surface area contributed by atoms with Crippen molar-refractivity contribution in [1.29, 1.82) is 0 Å². The lowest BCUT2D eigenvalue weighted by atomic mass is 10.1. The smallest absolute Gasteiger partial charge is 0.182 e. The first-order valence-corrected chi connectivity index (χ1v) is 4.04. The lowest BCUT2D eigenvalue weighted by Gasteiger charge is -2.06. The van der Waals surface area contributed by atoms with E-state index >= 15 is 0 Å². The van der Waals surface area contributed by atoms with Crippen LogP contribution in [-0.2, 0) is 0 Å². The number of rotatable bonds is 2. The lowest BCUT2D eigenvalue weighted by molar-refractivity contribution is 0.101. The number of alkyl halides is 1. The molecule has 0 spiro atoms. The topological polar surface area (TPSA) is 69.1 Å². The molecule has 0 heterocycles. The van der Waals surface area contributed by atoms with Gasteiger partial charge in [0.25, 0.3) is 0 Å². The number of benzene rings is 1. The van der Waals surface area contributed by atoms with E-state index in [1.54, 1.807) is 0 Å². The van der Waals surface area contributed by atoms with Gasteiger partial charge in [0.15, 0.2) is 5.78 Å². The zero-order valence-corrected chi connectivity index (χ0v) is 7.44. The van der Waals surface area contributed by atoms with Crippen LogP contribution >= 0.6 is 11.6 Å². The van der Waals surface area contributed by atoms with Crippen molar-refractivity contribution in [1.82, 2.24) is 0 Å². The maximum Gasteiger partial charge on any atom is 0.182 e. The Labute approximate surface area is 79.5 Å². The zero-order valence-electron chi connectivity index (χ0n) is 6.68. The van der Waals surface area contributed by atoms with Crippen LogP contribution in [0.1, 0.15) is 10.4 Å². The Bertz CT molecular complexity index is 354. The van der Waals surface area contributed by atoms with Crippen molar-refractivity contribution >= 4 is 28.8 Å². The Hall–Kier alpha value is -1.29. The van der Waals surface area contributed by atoms with Crippen molar-refractivity contribution in [2.45, 2.75) is 0 Å². The van der Waals surface area contributed by atoms with Gasteiger partial charge in [0.1, 0.15) is 5.82 Å². The van der Waals surface area contributed by atoms with E-state index in [1.165, 1.54) is 6.07 Å². The van der Waals surface area contributed by atoms with Crippen molar-refractivity contribution in [3.05, 3.63) is 23.5 Å². The molecule has 0 radical (unpaired) electrons. The van der Waals surface area contributed by atoms with Crippen molar-refractivity contribution in [2.75, 3.05) is 17.3 Å². The number of hydrogen-bond donors (Lipinski definition) is 2. The number of Topliss-reactive ketones (excluding diaryl/α,β-unsaturated/α-hetero) is 1. The van der Waals surface area contributed by atoms with Crippen LogP contribution in [0, 0.1) is 5.82 Å². The van der Waals surface area contributed by atoms with Gasteiger partial charge in [0, 0.05) is 0 Å². The number of hydrogen-bond acceptors (Lipinski definition) is 3. The number of nitrogens with two attached hydrogens (primary N) is 2. The third-order valence-electron chi connectivity index (χ3n) is 1.63. The predicted molar refractivity (Wildman–Crippen MR) is 50.3 cm³/mol. The normalized spacial score (nSPS) is 10.0. The highest BCUT2D eigenvalue weighted by Gasteiger charge is 2.15. The van der Waals surface area contributed by atoms with Gasteiger partial charge in [-0.1, -0.05) is 0 Å². The molecular formula is C8H8ClFN2O. The highest BCUT2D eigenvalue weighted by atomic mass is 35.5. The molecule has 0 atom stereocenters. The Balaban J connectivity index is 3.33. The fraction of sp³-hybridized carbons (Fsp3) is 0.125. The lowest BCUT2D eigenvalue weighted by Crippen LogP contribution is -2.10. The Morgan fingerprint density at radius 2 is 2.08 bits per heavy atom. The van der Waals surface area contributed by atoms with Crippen LogP contribution in [0.4, 0.5) is 15.8 Å². The van der Waals surface area contributed by atoms with Crippen LogP contribution < -0.4 is 11.5 Å². The summed E-state index contributed by atoms with van der Waals surface area (Å²) < 4.78 is 13.1. The van der Waals surface area contributed by atoms with Crippen molar-refractivity contribution in [3.8, 4) is 0 Å². The molecular weight excluding hydrogens is 195 g/mol. The van der Waals surface area contributed by atoms with Crippen LogP contribution in [0.25, 0.3) is 0 Å². The summed E-state index contributed by atoms with van der Waals surface area (Å²) in [6.45, 7) is 0. The Morgan fingerprint density at radius 1 is 1.46 bits per heavy atom. The van der Waals surface area contributed by atoms with E-state index < -0.39 is 11.6 Å². The number of nitrogen functional groups attached to an aromatic ring is 2. The van der Waals surface area contributed by atoms with Crippen molar-refractivity contribution in [3.63, 3.8) is 0 Å². The van der Waals surface area contributed by atoms with Gasteiger partial charge in [-0.2, -0.15) is 0 Å². The largest absolute Gasteiger partial charge is 0.397 e. The molecule has 0 aliphatic carbocycles. The van der Waals surface area contributed by atoms with Crippen LogP contribution in [-0.4, -0.2) is 11.7 Å². The van der Waals surface area contributed by atoms with Crippen LogP contribution in [0.15, 0.2) is 12.1 Å². The first kappa shape index (κ1) is 9.80. The second-order valence-electron chi connectivity index (χ2n) is 2.48. The predicted octanol–water partition coefficient (Wildman–Crippen LogP) is 1.41. The zero-order chi connectivity index (χ0) is 10.0. The van der Waals surface area contributed by atoms with Gasteiger partial charge in [-0.25, -0.2) is 4.39 Å². The van der Waals surface area contributed by atoms with Gasteiger partial charge in [-0.3, -0.25) is 4.79 Å².